The monoisotopic (exact) mass is 262 g/mol. The summed E-state index contributed by atoms with van der Waals surface area (Å²) in [7, 11) is 0. The van der Waals surface area contributed by atoms with Crippen molar-refractivity contribution in [3.63, 3.8) is 0 Å². The molecule has 2 aliphatic heterocycles. The molecule has 1 aromatic heterocycles. The molecule has 2 aliphatic rings. The van der Waals surface area contributed by atoms with Crippen molar-refractivity contribution in [1.29, 1.82) is 0 Å². The van der Waals surface area contributed by atoms with Crippen molar-refractivity contribution in [2.75, 3.05) is 19.6 Å². The van der Waals surface area contributed by atoms with Gasteiger partial charge in [0.15, 0.2) is 0 Å². The highest BCUT2D eigenvalue weighted by molar-refractivity contribution is 5.06. The largest absolute Gasteiger partial charge is 0.465 e. The quantitative estimate of drug-likeness (QED) is 0.835. The van der Waals surface area contributed by atoms with Crippen LogP contribution in [0.2, 0.25) is 0 Å². The van der Waals surface area contributed by atoms with Gasteiger partial charge in [0.1, 0.15) is 11.5 Å². The Morgan fingerprint density at radius 1 is 1.26 bits per heavy atom. The van der Waals surface area contributed by atoms with Crippen LogP contribution < -0.4 is 0 Å². The minimum atomic E-state index is 0.694. The Labute approximate surface area is 116 Å². The molecule has 0 spiro atoms. The number of aryl methyl sites for hydroxylation is 1. The average Bonchev–Trinajstić information content (AvgIpc) is 2.83. The molecule has 3 nitrogen and oxygen atoms in total. The van der Waals surface area contributed by atoms with E-state index in [0.29, 0.717) is 6.04 Å². The summed E-state index contributed by atoms with van der Waals surface area (Å²) in [5, 5.41) is 0. The molecule has 19 heavy (non-hydrogen) atoms. The van der Waals surface area contributed by atoms with Crippen LogP contribution in [0.3, 0.4) is 0 Å². The highest BCUT2D eigenvalue weighted by atomic mass is 16.3. The van der Waals surface area contributed by atoms with Gasteiger partial charge in [-0.3, -0.25) is 9.80 Å². The van der Waals surface area contributed by atoms with Gasteiger partial charge in [-0.2, -0.15) is 0 Å². The van der Waals surface area contributed by atoms with Crippen molar-refractivity contribution in [2.24, 2.45) is 0 Å². The molecule has 3 heteroatoms. The van der Waals surface area contributed by atoms with E-state index in [1.807, 2.05) is 6.92 Å². The Bertz CT molecular complexity index is 415. The third-order valence-electron chi connectivity index (χ3n) is 4.78. The second-order valence-electron chi connectivity index (χ2n) is 6.15. The highest BCUT2D eigenvalue weighted by Crippen LogP contribution is 2.26. The van der Waals surface area contributed by atoms with Crippen LogP contribution in [-0.2, 0) is 6.54 Å². The predicted octanol–water partition coefficient (Wildman–Crippen LogP) is 3.04. The zero-order valence-corrected chi connectivity index (χ0v) is 12.3. The SMILES string of the molecule is CCC1CN2CCCCC2CN1Cc1ccc(C)o1. The number of hydrogen-bond acceptors (Lipinski definition) is 3. The van der Waals surface area contributed by atoms with Gasteiger partial charge in [-0.1, -0.05) is 13.3 Å². The van der Waals surface area contributed by atoms with E-state index in [-0.39, 0.29) is 0 Å². The van der Waals surface area contributed by atoms with Crippen LogP contribution in [-0.4, -0.2) is 41.5 Å². The minimum Gasteiger partial charge on any atom is -0.465 e. The molecule has 0 aliphatic carbocycles. The van der Waals surface area contributed by atoms with Gasteiger partial charge >= 0.3 is 0 Å². The lowest BCUT2D eigenvalue weighted by Gasteiger charge is -2.48. The Morgan fingerprint density at radius 2 is 2.16 bits per heavy atom. The van der Waals surface area contributed by atoms with Crippen molar-refractivity contribution < 1.29 is 4.42 Å². The molecule has 106 valence electrons. The summed E-state index contributed by atoms with van der Waals surface area (Å²) in [5.74, 6) is 2.15. The zero-order chi connectivity index (χ0) is 13.2. The normalized spacial score (nSPS) is 29.4. The van der Waals surface area contributed by atoms with Crippen molar-refractivity contribution >= 4 is 0 Å². The fourth-order valence-corrected chi connectivity index (χ4v) is 3.66. The Balaban J connectivity index is 1.68. The number of hydrogen-bond donors (Lipinski definition) is 0. The van der Waals surface area contributed by atoms with E-state index in [1.54, 1.807) is 0 Å². The number of furan rings is 1. The second-order valence-corrected chi connectivity index (χ2v) is 6.15. The predicted molar refractivity (Wildman–Crippen MR) is 77.1 cm³/mol. The molecule has 2 atom stereocenters. The van der Waals surface area contributed by atoms with Gasteiger partial charge in [-0.25, -0.2) is 0 Å². The Hall–Kier alpha value is -0.800. The Morgan fingerprint density at radius 3 is 2.89 bits per heavy atom. The average molecular weight is 262 g/mol. The molecule has 3 rings (SSSR count). The van der Waals surface area contributed by atoms with Crippen LogP contribution in [0.15, 0.2) is 16.5 Å². The molecule has 0 aromatic carbocycles. The van der Waals surface area contributed by atoms with Crippen molar-refractivity contribution in [2.45, 2.75) is 58.2 Å². The zero-order valence-electron chi connectivity index (χ0n) is 12.3. The molecule has 0 saturated carbocycles. The van der Waals surface area contributed by atoms with Crippen LogP contribution >= 0.6 is 0 Å². The molecule has 0 radical (unpaired) electrons. The van der Waals surface area contributed by atoms with E-state index in [9.17, 15) is 0 Å². The standard InChI is InChI=1S/C16H26N2O/c1-3-14-10-17-9-5-4-6-15(17)11-18(14)12-16-8-7-13(2)19-16/h7-8,14-15H,3-6,9-12H2,1-2H3. The maximum Gasteiger partial charge on any atom is 0.118 e. The first-order valence-corrected chi connectivity index (χ1v) is 7.79. The van der Waals surface area contributed by atoms with Gasteiger partial charge in [0.2, 0.25) is 0 Å². The highest BCUT2D eigenvalue weighted by Gasteiger charge is 2.34. The van der Waals surface area contributed by atoms with Gasteiger partial charge in [0.25, 0.3) is 0 Å². The molecule has 1 aromatic rings. The van der Waals surface area contributed by atoms with E-state index >= 15 is 0 Å². The fourth-order valence-electron chi connectivity index (χ4n) is 3.66. The van der Waals surface area contributed by atoms with Crippen molar-refractivity contribution in [3.05, 3.63) is 23.7 Å². The third-order valence-corrected chi connectivity index (χ3v) is 4.78. The number of piperidine rings is 1. The summed E-state index contributed by atoms with van der Waals surface area (Å²) >= 11 is 0. The van der Waals surface area contributed by atoms with Crippen LogP contribution in [0.25, 0.3) is 0 Å². The van der Waals surface area contributed by atoms with E-state index in [2.05, 4.69) is 28.9 Å². The maximum absolute atomic E-state index is 5.76. The maximum atomic E-state index is 5.76. The first kappa shape index (κ1) is 13.2. The molecular formula is C16H26N2O. The number of fused-ring (bicyclic) bond motifs is 1. The topological polar surface area (TPSA) is 19.6 Å². The molecular weight excluding hydrogens is 236 g/mol. The summed E-state index contributed by atoms with van der Waals surface area (Å²) in [6, 6.07) is 5.69. The van der Waals surface area contributed by atoms with Crippen LogP contribution in [0.1, 0.15) is 44.1 Å². The molecule has 2 unspecified atom stereocenters. The summed E-state index contributed by atoms with van der Waals surface area (Å²) in [6.07, 6.45) is 5.42. The van der Waals surface area contributed by atoms with Crippen molar-refractivity contribution in [1.82, 2.24) is 9.80 Å². The van der Waals surface area contributed by atoms with Crippen LogP contribution in [0.5, 0.6) is 0 Å². The summed E-state index contributed by atoms with van der Waals surface area (Å²) in [6.45, 7) is 9.11. The van der Waals surface area contributed by atoms with Crippen molar-refractivity contribution in [3.8, 4) is 0 Å². The van der Waals surface area contributed by atoms with Crippen LogP contribution in [0, 0.1) is 6.92 Å². The molecule has 0 N–H and O–H groups in total. The second kappa shape index (κ2) is 5.68. The number of nitrogens with zero attached hydrogens (tertiary/aromatic N) is 2. The fraction of sp³-hybridized carbons (Fsp3) is 0.750. The van der Waals surface area contributed by atoms with Gasteiger partial charge < -0.3 is 4.42 Å². The van der Waals surface area contributed by atoms with Gasteiger partial charge in [-0.15, -0.1) is 0 Å². The minimum absolute atomic E-state index is 0.694. The first-order valence-electron chi connectivity index (χ1n) is 7.79. The lowest BCUT2D eigenvalue weighted by molar-refractivity contribution is 0.000219. The first-order chi connectivity index (χ1) is 9.26. The van der Waals surface area contributed by atoms with E-state index in [4.69, 9.17) is 4.42 Å². The lowest BCUT2D eigenvalue weighted by Crippen LogP contribution is -2.58. The van der Waals surface area contributed by atoms with E-state index < -0.39 is 0 Å². The number of rotatable bonds is 3. The van der Waals surface area contributed by atoms with E-state index in [1.165, 1.54) is 45.3 Å². The van der Waals surface area contributed by atoms with Crippen LogP contribution in [0.4, 0.5) is 0 Å². The lowest BCUT2D eigenvalue weighted by atomic mass is 9.96. The summed E-state index contributed by atoms with van der Waals surface area (Å²) in [4.78, 5) is 5.37. The number of piperazine rings is 1. The van der Waals surface area contributed by atoms with Gasteiger partial charge in [-0.05, 0) is 44.9 Å². The molecule has 2 saturated heterocycles. The van der Waals surface area contributed by atoms with E-state index in [0.717, 1.165) is 24.1 Å². The van der Waals surface area contributed by atoms with Gasteiger partial charge in [0, 0.05) is 25.2 Å². The summed E-state index contributed by atoms with van der Waals surface area (Å²) < 4.78 is 5.76. The Kier molecular flexibility index (Phi) is 3.94. The third kappa shape index (κ3) is 2.87. The molecule has 3 heterocycles. The molecule has 2 fully saturated rings. The summed E-state index contributed by atoms with van der Waals surface area (Å²) in [5.41, 5.74) is 0. The smallest absolute Gasteiger partial charge is 0.118 e. The molecule has 0 amide bonds. The molecule has 0 bridgehead atoms. The van der Waals surface area contributed by atoms with Gasteiger partial charge in [0.05, 0.1) is 6.54 Å².